The molecule has 0 aliphatic heterocycles. The molecule has 90 valence electrons. The molecule has 1 aliphatic carbocycles. The maximum absolute atomic E-state index is 11.5. The van der Waals surface area contributed by atoms with Crippen LogP contribution in [0.15, 0.2) is 22.8 Å². The van der Waals surface area contributed by atoms with Gasteiger partial charge in [0.2, 0.25) is 5.60 Å². The van der Waals surface area contributed by atoms with E-state index in [1.54, 1.807) is 6.92 Å². The molecule has 1 rings (SSSR count). The predicted molar refractivity (Wildman–Crippen MR) is 56.7 cm³/mol. The zero-order valence-corrected chi connectivity index (χ0v) is 9.60. The molecule has 0 spiro atoms. The summed E-state index contributed by atoms with van der Waals surface area (Å²) in [4.78, 5) is 11.5. The summed E-state index contributed by atoms with van der Waals surface area (Å²) in [5.74, 6) is -1.07. The topological polar surface area (TPSA) is 87.0 Å². The van der Waals surface area contributed by atoms with Crippen LogP contribution < -0.4 is 0 Å². The van der Waals surface area contributed by atoms with Crippen molar-refractivity contribution in [3.63, 3.8) is 0 Å². The predicted octanol–water partition coefficient (Wildman–Crippen LogP) is -0.305. The zero-order valence-electron chi connectivity index (χ0n) is 8.85. The molecule has 0 amide bonds. The lowest BCUT2D eigenvalue weighted by Gasteiger charge is -2.26. The number of aliphatic hydroxyl groups excluding tert-OH is 2. The van der Waals surface area contributed by atoms with E-state index in [1.807, 2.05) is 0 Å². The van der Waals surface area contributed by atoms with Crippen molar-refractivity contribution >= 4 is 17.6 Å². The van der Waals surface area contributed by atoms with Crippen molar-refractivity contribution in [1.82, 2.24) is 0 Å². The Labute approximate surface area is 97.6 Å². The molecule has 0 heterocycles. The standard InChI is InChI=1S/C10H13ClO5/c1-3-4-5-6(11)7(12)8(13)10(5,15)9(14)16-2/h3-4,7-8,12-13,15H,1-2H3/b4-3+. The highest BCUT2D eigenvalue weighted by Crippen LogP contribution is 2.39. The third-order valence-electron chi connectivity index (χ3n) is 2.48. The van der Waals surface area contributed by atoms with Gasteiger partial charge in [0.15, 0.2) is 0 Å². The number of methoxy groups -OCH3 is 1. The fourth-order valence-electron chi connectivity index (χ4n) is 1.63. The second kappa shape index (κ2) is 4.55. The van der Waals surface area contributed by atoms with E-state index in [0.29, 0.717) is 0 Å². The Balaban J connectivity index is 3.31. The molecule has 0 saturated heterocycles. The van der Waals surface area contributed by atoms with Gasteiger partial charge < -0.3 is 20.1 Å². The van der Waals surface area contributed by atoms with Crippen LogP contribution in [0.5, 0.6) is 0 Å². The Bertz CT molecular complexity index is 362. The summed E-state index contributed by atoms with van der Waals surface area (Å²) in [5.41, 5.74) is -2.37. The van der Waals surface area contributed by atoms with Crippen molar-refractivity contribution in [3.8, 4) is 0 Å². The van der Waals surface area contributed by atoms with E-state index < -0.39 is 23.8 Å². The number of allylic oxidation sites excluding steroid dienone is 1. The summed E-state index contributed by atoms with van der Waals surface area (Å²) in [6.45, 7) is 1.64. The van der Waals surface area contributed by atoms with Gasteiger partial charge in [0.25, 0.3) is 0 Å². The summed E-state index contributed by atoms with van der Waals surface area (Å²) in [5, 5.41) is 29.0. The van der Waals surface area contributed by atoms with Crippen LogP contribution in [-0.2, 0) is 9.53 Å². The Morgan fingerprint density at radius 3 is 2.56 bits per heavy atom. The molecule has 3 unspecified atom stereocenters. The first kappa shape index (κ1) is 13.2. The van der Waals surface area contributed by atoms with E-state index in [4.69, 9.17) is 11.6 Å². The molecule has 0 saturated carbocycles. The Morgan fingerprint density at radius 2 is 2.12 bits per heavy atom. The van der Waals surface area contributed by atoms with Gasteiger partial charge in [-0.3, -0.25) is 0 Å². The van der Waals surface area contributed by atoms with Gasteiger partial charge in [0, 0.05) is 5.57 Å². The smallest absolute Gasteiger partial charge is 0.345 e. The SMILES string of the molecule is C/C=C/C1=C(Cl)C(O)C(O)C1(O)C(=O)OC. The number of carbonyl (C=O) groups excluding carboxylic acids is 1. The van der Waals surface area contributed by atoms with Crippen molar-refractivity contribution in [3.05, 3.63) is 22.8 Å². The fourth-order valence-corrected chi connectivity index (χ4v) is 1.95. The molecular weight excluding hydrogens is 236 g/mol. The van der Waals surface area contributed by atoms with Gasteiger partial charge >= 0.3 is 5.97 Å². The van der Waals surface area contributed by atoms with Gasteiger partial charge in [0.1, 0.15) is 12.2 Å². The minimum atomic E-state index is -2.32. The zero-order chi connectivity index (χ0) is 12.5. The van der Waals surface area contributed by atoms with E-state index in [9.17, 15) is 20.1 Å². The number of hydrogen-bond donors (Lipinski definition) is 3. The van der Waals surface area contributed by atoms with Crippen molar-refractivity contribution in [2.75, 3.05) is 7.11 Å². The van der Waals surface area contributed by atoms with Crippen LogP contribution in [0.3, 0.4) is 0 Å². The van der Waals surface area contributed by atoms with Crippen LogP contribution in [0.4, 0.5) is 0 Å². The van der Waals surface area contributed by atoms with Crippen LogP contribution in [0.1, 0.15) is 6.92 Å². The van der Waals surface area contributed by atoms with Gasteiger partial charge in [0.05, 0.1) is 12.1 Å². The molecule has 5 nitrogen and oxygen atoms in total. The molecule has 0 radical (unpaired) electrons. The van der Waals surface area contributed by atoms with Crippen LogP contribution in [-0.4, -0.2) is 46.2 Å². The number of aliphatic hydroxyl groups is 3. The first-order chi connectivity index (χ1) is 7.41. The van der Waals surface area contributed by atoms with Crippen LogP contribution in [0, 0.1) is 0 Å². The molecule has 1 aliphatic rings. The van der Waals surface area contributed by atoms with E-state index in [2.05, 4.69) is 4.74 Å². The summed E-state index contributed by atoms with van der Waals surface area (Å²) < 4.78 is 4.39. The molecule has 0 aromatic carbocycles. The highest BCUT2D eigenvalue weighted by molar-refractivity contribution is 6.31. The molecule has 0 aromatic rings. The van der Waals surface area contributed by atoms with E-state index in [1.165, 1.54) is 12.2 Å². The average Bonchev–Trinajstić information content (AvgIpc) is 2.44. The van der Waals surface area contributed by atoms with Gasteiger partial charge in [-0.25, -0.2) is 4.79 Å². The lowest BCUT2D eigenvalue weighted by Crippen LogP contribution is -2.51. The normalized spacial score (nSPS) is 34.9. The van der Waals surface area contributed by atoms with E-state index in [0.717, 1.165) is 7.11 Å². The highest BCUT2D eigenvalue weighted by atomic mass is 35.5. The van der Waals surface area contributed by atoms with E-state index in [-0.39, 0.29) is 10.6 Å². The van der Waals surface area contributed by atoms with Crippen molar-refractivity contribution in [1.29, 1.82) is 0 Å². The third kappa shape index (κ3) is 1.66. The molecule has 0 aromatic heterocycles. The number of hydrogen-bond acceptors (Lipinski definition) is 5. The Morgan fingerprint density at radius 1 is 1.56 bits per heavy atom. The fraction of sp³-hybridized carbons (Fsp3) is 0.500. The first-order valence-corrected chi connectivity index (χ1v) is 4.98. The monoisotopic (exact) mass is 248 g/mol. The third-order valence-corrected chi connectivity index (χ3v) is 2.91. The average molecular weight is 249 g/mol. The highest BCUT2D eigenvalue weighted by Gasteiger charge is 2.57. The quantitative estimate of drug-likeness (QED) is 0.584. The number of rotatable bonds is 2. The van der Waals surface area contributed by atoms with Crippen molar-refractivity contribution in [2.45, 2.75) is 24.7 Å². The maximum Gasteiger partial charge on any atom is 0.345 e. The first-order valence-electron chi connectivity index (χ1n) is 4.61. The largest absolute Gasteiger partial charge is 0.467 e. The van der Waals surface area contributed by atoms with Gasteiger partial charge in [-0.1, -0.05) is 23.8 Å². The lowest BCUT2D eigenvalue weighted by molar-refractivity contribution is -0.171. The van der Waals surface area contributed by atoms with Crippen molar-refractivity contribution < 1.29 is 24.9 Å². The summed E-state index contributed by atoms with van der Waals surface area (Å²) >= 11 is 5.74. The molecule has 0 fully saturated rings. The summed E-state index contributed by atoms with van der Waals surface area (Å²) in [6, 6.07) is 0. The number of ether oxygens (including phenoxy) is 1. The van der Waals surface area contributed by atoms with Crippen LogP contribution >= 0.6 is 11.6 Å². The molecule has 3 atom stereocenters. The minimum Gasteiger partial charge on any atom is -0.467 e. The Kier molecular flexibility index (Phi) is 3.75. The van der Waals surface area contributed by atoms with Crippen LogP contribution in [0.2, 0.25) is 0 Å². The van der Waals surface area contributed by atoms with Gasteiger partial charge in [-0.15, -0.1) is 0 Å². The lowest BCUT2D eigenvalue weighted by atomic mass is 9.92. The summed E-state index contributed by atoms with van der Waals surface area (Å²) in [6.07, 6.45) is -0.370. The maximum atomic E-state index is 11.5. The van der Waals surface area contributed by atoms with Gasteiger partial charge in [-0.05, 0) is 6.92 Å². The van der Waals surface area contributed by atoms with Crippen LogP contribution in [0.25, 0.3) is 0 Å². The molecule has 0 bridgehead atoms. The molecule has 6 heteroatoms. The van der Waals surface area contributed by atoms with E-state index >= 15 is 0 Å². The number of halogens is 1. The minimum absolute atomic E-state index is 0.0523. The molecule has 16 heavy (non-hydrogen) atoms. The van der Waals surface area contributed by atoms with Crippen molar-refractivity contribution in [2.24, 2.45) is 0 Å². The number of esters is 1. The summed E-state index contributed by atoms with van der Waals surface area (Å²) in [7, 11) is 1.07. The second-order valence-electron chi connectivity index (χ2n) is 3.41. The molecule has 3 N–H and O–H groups in total. The number of carbonyl (C=O) groups is 1. The Hall–Kier alpha value is -0.880. The molecular formula is C10H13ClO5. The second-order valence-corrected chi connectivity index (χ2v) is 3.82. The van der Waals surface area contributed by atoms with Gasteiger partial charge in [-0.2, -0.15) is 0 Å².